The van der Waals surface area contributed by atoms with Crippen LogP contribution in [0.5, 0.6) is 0 Å². The zero-order chi connectivity index (χ0) is 25.8. The van der Waals surface area contributed by atoms with Crippen molar-refractivity contribution < 1.29 is 28.4 Å². The Morgan fingerprint density at radius 1 is 0.944 bits per heavy atom. The zero-order valence-corrected chi connectivity index (χ0v) is 20.6. The predicted molar refractivity (Wildman–Crippen MR) is 135 cm³/mol. The summed E-state index contributed by atoms with van der Waals surface area (Å²) in [5.74, 6) is -3.02. The number of rotatable bonds is 4. The number of halogens is 1. The van der Waals surface area contributed by atoms with Gasteiger partial charge >= 0.3 is 13.1 Å². The van der Waals surface area contributed by atoms with Crippen LogP contribution in [0.3, 0.4) is 0 Å². The van der Waals surface area contributed by atoms with Gasteiger partial charge in [-0.1, -0.05) is 48.5 Å². The SMILES string of the molecule is CC1(C)OB(c2ccc([C@@H]3[C@H](C(=O)O)c4ccccc4C(=O)N3c3cccc(F)c3)cc2)OC1(C)C. The van der Waals surface area contributed by atoms with E-state index in [1.54, 1.807) is 42.5 Å². The highest BCUT2D eigenvalue weighted by molar-refractivity contribution is 6.62. The minimum Gasteiger partial charge on any atom is -0.481 e. The van der Waals surface area contributed by atoms with Crippen LogP contribution in [0, 0.1) is 5.82 Å². The molecule has 6 nitrogen and oxygen atoms in total. The Morgan fingerprint density at radius 3 is 2.19 bits per heavy atom. The van der Waals surface area contributed by atoms with Crippen molar-refractivity contribution in [1.82, 2.24) is 0 Å². The van der Waals surface area contributed by atoms with E-state index in [4.69, 9.17) is 9.31 Å². The number of nitrogens with zero attached hydrogens (tertiary/aromatic N) is 1. The quantitative estimate of drug-likeness (QED) is 0.541. The molecule has 2 aliphatic heterocycles. The summed E-state index contributed by atoms with van der Waals surface area (Å²) in [6.07, 6.45) is 0. The standard InChI is InChI=1S/C28H27BFNO5/c1-27(2)28(3,4)36-29(35-27)18-14-12-17(13-15-18)24-23(26(33)34)21-10-5-6-11-22(21)25(32)31(24)20-9-7-8-19(30)16-20/h5-16,23-24H,1-4H3,(H,33,34)/t23-,24-/m1/s1. The third-order valence-corrected chi connectivity index (χ3v) is 7.49. The minimum absolute atomic E-state index is 0.291. The third-order valence-electron chi connectivity index (χ3n) is 7.49. The average Bonchev–Trinajstić information content (AvgIpc) is 3.05. The maximum atomic E-state index is 14.2. The van der Waals surface area contributed by atoms with Crippen molar-refractivity contribution in [3.63, 3.8) is 0 Å². The van der Waals surface area contributed by atoms with Gasteiger partial charge in [0.25, 0.3) is 5.91 Å². The van der Waals surface area contributed by atoms with Gasteiger partial charge in [-0.25, -0.2) is 4.39 Å². The van der Waals surface area contributed by atoms with Crippen LogP contribution in [0.4, 0.5) is 10.1 Å². The monoisotopic (exact) mass is 487 g/mol. The van der Waals surface area contributed by atoms with Crippen LogP contribution in [0.1, 0.15) is 61.1 Å². The maximum absolute atomic E-state index is 14.2. The van der Waals surface area contributed by atoms with Gasteiger partial charge in [0, 0.05) is 11.3 Å². The summed E-state index contributed by atoms with van der Waals surface area (Å²) in [4.78, 5) is 27.7. The van der Waals surface area contributed by atoms with Crippen molar-refractivity contribution in [3.05, 3.63) is 95.3 Å². The van der Waals surface area contributed by atoms with E-state index in [9.17, 15) is 19.1 Å². The van der Waals surface area contributed by atoms with Crippen molar-refractivity contribution in [2.24, 2.45) is 0 Å². The molecule has 0 aromatic heterocycles. The summed E-state index contributed by atoms with van der Waals surface area (Å²) in [7, 11) is -0.577. The predicted octanol–water partition coefficient (Wildman–Crippen LogP) is 4.69. The van der Waals surface area contributed by atoms with E-state index in [0.717, 1.165) is 5.46 Å². The van der Waals surface area contributed by atoms with E-state index in [-0.39, 0.29) is 5.91 Å². The Hall–Kier alpha value is -3.49. The van der Waals surface area contributed by atoms with Gasteiger partial charge in [0.1, 0.15) is 11.7 Å². The number of amides is 1. The summed E-state index contributed by atoms with van der Waals surface area (Å²) in [6.45, 7) is 7.89. The van der Waals surface area contributed by atoms with Crippen LogP contribution < -0.4 is 10.4 Å². The Morgan fingerprint density at radius 2 is 1.58 bits per heavy atom. The summed E-state index contributed by atoms with van der Waals surface area (Å²) in [5, 5.41) is 10.3. The molecule has 2 aliphatic rings. The molecular formula is C28H27BFNO5. The normalized spacial score (nSPS) is 22.4. The Balaban J connectivity index is 1.61. The van der Waals surface area contributed by atoms with Gasteiger partial charge < -0.3 is 14.4 Å². The summed E-state index contributed by atoms with van der Waals surface area (Å²) < 4.78 is 26.5. The number of carbonyl (C=O) groups excluding carboxylic acids is 1. The lowest BCUT2D eigenvalue weighted by molar-refractivity contribution is -0.139. The molecule has 0 unspecified atom stereocenters. The molecule has 0 spiro atoms. The van der Waals surface area contributed by atoms with Crippen molar-refractivity contribution in [1.29, 1.82) is 0 Å². The lowest BCUT2D eigenvalue weighted by atomic mass is 9.76. The van der Waals surface area contributed by atoms with Crippen LogP contribution in [-0.2, 0) is 14.1 Å². The summed E-state index contributed by atoms with van der Waals surface area (Å²) >= 11 is 0. The molecule has 0 saturated carbocycles. The van der Waals surface area contributed by atoms with E-state index >= 15 is 0 Å². The fourth-order valence-corrected chi connectivity index (χ4v) is 4.88. The molecule has 3 aromatic rings. The Labute approximate surface area is 209 Å². The van der Waals surface area contributed by atoms with E-state index < -0.39 is 42.1 Å². The first kappa shape index (κ1) is 24.2. The van der Waals surface area contributed by atoms with Crippen molar-refractivity contribution in [2.75, 3.05) is 4.90 Å². The molecule has 36 heavy (non-hydrogen) atoms. The topological polar surface area (TPSA) is 76.1 Å². The summed E-state index contributed by atoms with van der Waals surface area (Å²) in [5.41, 5.74) is 1.40. The van der Waals surface area contributed by atoms with Gasteiger partial charge in [-0.2, -0.15) is 0 Å². The van der Waals surface area contributed by atoms with Gasteiger partial charge in [-0.3, -0.25) is 14.5 Å². The number of carbonyl (C=O) groups is 2. The lowest BCUT2D eigenvalue weighted by Crippen LogP contribution is -2.45. The second-order valence-electron chi connectivity index (χ2n) is 10.3. The molecule has 0 radical (unpaired) electrons. The van der Waals surface area contributed by atoms with Crippen LogP contribution in [0.2, 0.25) is 0 Å². The molecule has 5 rings (SSSR count). The van der Waals surface area contributed by atoms with Gasteiger partial charge in [0.2, 0.25) is 0 Å². The van der Waals surface area contributed by atoms with Crippen LogP contribution >= 0.6 is 0 Å². The summed E-state index contributed by atoms with van der Waals surface area (Å²) in [6, 6.07) is 18.7. The fourth-order valence-electron chi connectivity index (χ4n) is 4.88. The zero-order valence-electron chi connectivity index (χ0n) is 20.6. The van der Waals surface area contributed by atoms with Gasteiger partial charge in [0.15, 0.2) is 0 Å². The fraction of sp³-hybridized carbons (Fsp3) is 0.286. The molecule has 1 saturated heterocycles. The highest BCUT2D eigenvalue weighted by Crippen LogP contribution is 2.45. The Bertz CT molecular complexity index is 1320. The van der Waals surface area contributed by atoms with E-state index in [1.807, 2.05) is 39.8 Å². The lowest BCUT2D eigenvalue weighted by Gasteiger charge is -2.40. The van der Waals surface area contributed by atoms with Crippen LogP contribution in [0.15, 0.2) is 72.8 Å². The van der Waals surface area contributed by atoms with Crippen molar-refractivity contribution >= 4 is 30.1 Å². The number of carboxylic acids is 1. The first-order valence-electron chi connectivity index (χ1n) is 11.9. The number of carboxylic acid groups (broad SMARTS) is 1. The number of hydrogen-bond donors (Lipinski definition) is 1. The first-order chi connectivity index (χ1) is 17.0. The number of aliphatic carboxylic acids is 1. The molecule has 8 heteroatoms. The molecule has 3 aromatic carbocycles. The van der Waals surface area contributed by atoms with E-state index in [2.05, 4.69) is 0 Å². The first-order valence-corrected chi connectivity index (χ1v) is 11.9. The second kappa shape index (κ2) is 8.57. The van der Waals surface area contributed by atoms with E-state index in [0.29, 0.717) is 22.4 Å². The van der Waals surface area contributed by atoms with Gasteiger partial charge in [0.05, 0.1) is 17.2 Å². The molecule has 184 valence electrons. The smallest absolute Gasteiger partial charge is 0.481 e. The van der Waals surface area contributed by atoms with Gasteiger partial charge in [-0.15, -0.1) is 0 Å². The number of fused-ring (bicyclic) bond motifs is 1. The molecule has 1 N–H and O–H groups in total. The maximum Gasteiger partial charge on any atom is 0.494 e. The molecule has 1 amide bonds. The highest BCUT2D eigenvalue weighted by Gasteiger charge is 2.52. The molecule has 2 heterocycles. The van der Waals surface area contributed by atoms with E-state index in [1.165, 1.54) is 23.1 Å². The van der Waals surface area contributed by atoms with Gasteiger partial charge in [-0.05, 0) is 68.6 Å². The van der Waals surface area contributed by atoms with Crippen LogP contribution in [0.25, 0.3) is 0 Å². The number of hydrogen-bond acceptors (Lipinski definition) is 4. The number of benzene rings is 3. The molecule has 0 bridgehead atoms. The minimum atomic E-state index is -1.07. The highest BCUT2D eigenvalue weighted by atomic mass is 19.1. The third kappa shape index (κ3) is 3.90. The van der Waals surface area contributed by atoms with Crippen LogP contribution in [-0.4, -0.2) is 35.3 Å². The van der Waals surface area contributed by atoms with Crippen molar-refractivity contribution in [3.8, 4) is 0 Å². The second-order valence-corrected chi connectivity index (χ2v) is 10.3. The number of anilines is 1. The average molecular weight is 487 g/mol. The largest absolute Gasteiger partial charge is 0.494 e. The molecule has 2 atom stereocenters. The molecular weight excluding hydrogens is 460 g/mol. The molecule has 0 aliphatic carbocycles. The van der Waals surface area contributed by atoms with Crippen molar-refractivity contribution in [2.45, 2.75) is 50.9 Å². The Kier molecular flexibility index (Phi) is 5.77. The molecule has 1 fully saturated rings.